The van der Waals surface area contributed by atoms with Gasteiger partial charge in [-0.25, -0.2) is 23.5 Å². The molecular formula is C24H16ClFN6O6. The van der Waals surface area contributed by atoms with Gasteiger partial charge >= 0.3 is 11.7 Å². The maximum Gasteiger partial charge on any atom is 0.417 e. The molecule has 0 fully saturated rings. The van der Waals surface area contributed by atoms with Crippen LogP contribution in [-0.4, -0.2) is 42.5 Å². The van der Waals surface area contributed by atoms with E-state index in [1.807, 2.05) is 0 Å². The van der Waals surface area contributed by atoms with Crippen LogP contribution >= 0.6 is 11.6 Å². The van der Waals surface area contributed by atoms with Crippen molar-refractivity contribution < 1.29 is 28.3 Å². The molecule has 0 saturated heterocycles. The van der Waals surface area contributed by atoms with Crippen LogP contribution in [0.1, 0.15) is 42.5 Å². The predicted octanol–water partition coefficient (Wildman–Crippen LogP) is 2.51. The van der Waals surface area contributed by atoms with Gasteiger partial charge in [0.2, 0.25) is 0 Å². The first-order valence-electron chi connectivity index (χ1n) is 10.9. The van der Waals surface area contributed by atoms with Crippen LogP contribution in [0.4, 0.5) is 4.39 Å². The van der Waals surface area contributed by atoms with Crippen LogP contribution < -0.4 is 16.4 Å². The highest BCUT2D eigenvalue weighted by molar-refractivity contribution is 6.33. The second-order valence-corrected chi connectivity index (χ2v) is 8.49. The summed E-state index contributed by atoms with van der Waals surface area (Å²) < 4.78 is 20.2. The van der Waals surface area contributed by atoms with E-state index in [2.05, 4.69) is 25.7 Å². The van der Waals surface area contributed by atoms with Crippen molar-refractivity contribution in [3.63, 3.8) is 0 Å². The normalized spacial score (nSPS) is 11.1. The van der Waals surface area contributed by atoms with Gasteiger partial charge in [0, 0.05) is 19.2 Å². The van der Waals surface area contributed by atoms with Crippen molar-refractivity contribution in [1.29, 1.82) is 0 Å². The van der Waals surface area contributed by atoms with Gasteiger partial charge in [0.25, 0.3) is 11.8 Å². The number of oxazole rings is 1. The molecule has 0 aliphatic rings. The maximum absolute atomic E-state index is 14.3. The number of carbonyl (C=O) groups is 3. The molecule has 0 spiro atoms. The summed E-state index contributed by atoms with van der Waals surface area (Å²) in [7, 11) is 0. The quantitative estimate of drug-likeness (QED) is 0.245. The van der Waals surface area contributed by atoms with Crippen molar-refractivity contribution in [2.24, 2.45) is 0 Å². The molecule has 192 valence electrons. The van der Waals surface area contributed by atoms with E-state index in [4.69, 9.17) is 21.1 Å². The maximum atomic E-state index is 14.3. The number of nitrogens with zero attached hydrogens (tertiary/aromatic N) is 3. The largest absolute Gasteiger partial charge is 0.478 e. The molecule has 0 atom stereocenters. The molecule has 0 radical (unpaired) electrons. The third-order valence-electron chi connectivity index (χ3n) is 5.55. The monoisotopic (exact) mass is 538 g/mol. The highest BCUT2D eigenvalue weighted by atomic mass is 35.5. The number of fused-ring (bicyclic) bond motifs is 2. The standard InChI is InChI=1S/C24H16ClFN6O6/c25-14-5-11(1-3-13(14)23(35)36)8-28-22(34)18-7-17(30-20-15(26)10-29-32(18)20)21(33)27-9-12-2-4-19-16(6-12)31-24(37)38-19/h1-7,10H,8-9H2,(H,27,33)(H,28,34)(H,31,37)(H,35,36). The molecule has 38 heavy (non-hydrogen) atoms. The van der Waals surface area contributed by atoms with Gasteiger partial charge in [0.05, 0.1) is 22.3 Å². The zero-order valence-electron chi connectivity index (χ0n) is 19.1. The molecule has 12 nitrogen and oxygen atoms in total. The Bertz CT molecular complexity index is 1810. The lowest BCUT2D eigenvalue weighted by Gasteiger charge is -2.10. The van der Waals surface area contributed by atoms with Gasteiger partial charge < -0.3 is 20.2 Å². The van der Waals surface area contributed by atoms with Crippen molar-refractivity contribution >= 4 is 46.1 Å². The van der Waals surface area contributed by atoms with Crippen LogP contribution in [0.2, 0.25) is 5.02 Å². The number of halogens is 2. The number of amides is 2. The fourth-order valence-electron chi connectivity index (χ4n) is 3.71. The number of rotatable bonds is 7. The molecule has 4 N–H and O–H groups in total. The predicted molar refractivity (Wildman–Crippen MR) is 131 cm³/mol. The van der Waals surface area contributed by atoms with Gasteiger partial charge in [-0.2, -0.15) is 5.10 Å². The molecule has 2 amide bonds. The van der Waals surface area contributed by atoms with Gasteiger partial charge in [-0.3, -0.25) is 14.6 Å². The number of hydrogen-bond donors (Lipinski definition) is 4. The highest BCUT2D eigenvalue weighted by Gasteiger charge is 2.20. The molecule has 0 bridgehead atoms. The van der Waals surface area contributed by atoms with E-state index >= 15 is 0 Å². The number of aromatic carboxylic acids is 1. The van der Waals surface area contributed by atoms with Crippen LogP contribution in [0.5, 0.6) is 0 Å². The van der Waals surface area contributed by atoms with Crippen molar-refractivity contribution in [3.8, 4) is 0 Å². The van der Waals surface area contributed by atoms with Gasteiger partial charge in [0.15, 0.2) is 17.0 Å². The van der Waals surface area contributed by atoms with Crippen LogP contribution in [0.15, 0.2) is 57.9 Å². The summed E-state index contributed by atoms with van der Waals surface area (Å²) in [6.45, 7) is 0.0113. The Labute approximate surface area is 216 Å². The molecule has 5 aromatic rings. The van der Waals surface area contributed by atoms with E-state index in [9.17, 15) is 23.6 Å². The van der Waals surface area contributed by atoms with Crippen LogP contribution in [0.3, 0.4) is 0 Å². The molecule has 0 unspecified atom stereocenters. The SMILES string of the molecule is O=C(NCc1ccc2oc(=O)[nH]c2c1)c1cc(C(=O)NCc2ccc(C(=O)O)c(Cl)c2)n2ncc(F)c2n1. The molecule has 3 aromatic heterocycles. The fourth-order valence-corrected chi connectivity index (χ4v) is 4.00. The Hall–Kier alpha value is -5.04. The average Bonchev–Trinajstić information content (AvgIpc) is 3.45. The number of aromatic amines is 1. The number of hydrogen-bond acceptors (Lipinski definition) is 7. The number of carboxylic acid groups (broad SMARTS) is 1. The average molecular weight is 539 g/mol. The zero-order valence-corrected chi connectivity index (χ0v) is 19.9. The van der Waals surface area contributed by atoms with E-state index in [1.165, 1.54) is 24.3 Å². The second kappa shape index (κ2) is 9.78. The zero-order chi connectivity index (χ0) is 27.0. The first kappa shape index (κ1) is 24.6. The van der Waals surface area contributed by atoms with Crippen LogP contribution in [0, 0.1) is 5.82 Å². The minimum absolute atomic E-state index is 0.00179. The van der Waals surface area contributed by atoms with E-state index in [0.717, 1.165) is 10.7 Å². The Morgan fingerprint density at radius 3 is 2.50 bits per heavy atom. The highest BCUT2D eigenvalue weighted by Crippen LogP contribution is 2.18. The summed E-state index contributed by atoms with van der Waals surface area (Å²) in [5, 5.41) is 18.2. The fraction of sp³-hybridized carbons (Fsp3) is 0.0833. The van der Waals surface area contributed by atoms with Crippen molar-refractivity contribution in [2.45, 2.75) is 13.1 Å². The number of carboxylic acids is 1. The third-order valence-corrected chi connectivity index (χ3v) is 5.86. The first-order valence-corrected chi connectivity index (χ1v) is 11.3. The number of H-pyrrole nitrogens is 1. The van der Waals surface area contributed by atoms with E-state index in [-0.39, 0.29) is 40.7 Å². The van der Waals surface area contributed by atoms with Crippen molar-refractivity contribution in [2.75, 3.05) is 0 Å². The number of nitrogens with one attached hydrogen (secondary N) is 3. The Kier molecular flexibility index (Phi) is 6.34. The van der Waals surface area contributed by atoms with E-state index in [1.54, 1.807) is 18.2 Å². The lowest BCUT2D eigenvalue weighted by Crippen LogP contribution is -2.28. The molecule has 2 aromatic carbocycles. The molecule has 0 aliphatic heterocycles. The molecule has 5 rings (SSSR count). The lowest BCUT2D eigenvalue weighted by molar-refractivity contribution is 0.0696. The number of carbonyl (C=O) groups excluding carboxylic acids is 2. The van der Waals surface area contributed by atoms with Crippen molar-refractivity contribution in [3.05, 3.63) is 98.1 Å². The summed E-state index contributed by atoms with van der Waals surface area (Å²) in [5.74, 6) is -4.00. The van der Waals surface area contributed by atoms with E-state index < -0.39 is 29.4 Å². The molecule has 3 heterocycles. The summed E-state index contributed by atoms with van der Waals surface area (Å²) >= 11 is 5.97. The lowest BCUT2D eigenvalue weighted by atomic mass is 10.1. The molecular weight excluding hydrogens is 523 g/mol. The van der Waals surface area contributed by atoms with Gasteiger partial charge in [0.1, 0.15) is 11.4 Å². The minimum Gasteiger partial charge on any atom is -0.478 e. The Morgan fingerprint density at radius 1 is 1.05 bits per heavy atom. The second-order valence-electron chi connectivity index (χ2n) is 8.08. The van der Waals surface area contributed by atoms with Gasteiger partial charge in [-0.15, -0.1) is 0 Å². The van der Waals surface area contributed by atoms with Crippen LogP contribution in [0.25, 0.3) is 16.7 Å². The van der Waals surface area contributed by atoms with Crippen molar-refractivity contribution in [1.82, 2.24) is 30.2 Å². The van der Waals surface area contributed by atoms with Crippen LogP contribution in [-0.2, 0) is 13.1 Å². The minimum atomic E-state index is -1.19. The molecule has 14 heteroatoms. The Balaban J connectivity index is 1.35. The number of benzene rings is 2. The first-order chi connectivity index (χ1) is 18.2. The van der Waals surface area contributed by atoms with Gasteiger partial charge in [-0.05, 0) is 35.4 Å². The smallest absolute Gasteiger partial charge is 0.417 e. The summed E-state index contributed by atoms with van der Waals surface area (Å²) in [6.07, 6.45) is 0.867. The number of aromatic nitrogens is 4. The summed E-state index contributed by atoms with van der Waals surface area (Å²) in [6, 6.07) is 10.2. The topological polar surface area (TPSA) is 172 Å². The molecule has 0 saturated carbocycles. The summed E-state index contributed by atoms with van der Waals surface area (Å²) in [4.78, 5) is 54.8. The van der Waals surface area contributed by atoms with E-state index in [0.29, 0.717) is 22.2 Å². The summed E-state index contributed by atoms with van der Waals surface area (Å²) in [5.41, 5.74) is 1.18. The third kappa shape index (κ3) is 4.82. The molecule has 0 aliphatic carbocycles. The Morgan fingerprint density at radius 2 is 1.76 bits per heavy atom. The van der Waals surface area contributed by atoms with Gasteiger partial charge in [-0.1, -0.05) is 23.7 Å².